The molecule has 0 amide bonds. The summed E-state index contributed by atoms with van der Waals surface area (Å²) in [6.45, 7) is 5.87. The number of nitrogens with zero attached hydrogens (tertiary/aromatic N) is 3. The second kappa shape index (κ2) is 12.8. The molecule has 1 aromatic heterocycles. The highest BCUT2D eigenvalue weighted by atomic mass is 16.5. The SMILES string of the molecule is CC(C)(COCCCCN(c1cnc(-c2ccccc2)c(-c2ccccc2)n1)C1CCCC1)CC(=O)O. The zero-order valence-corrected chi connectivity index (χ0v) is 22.1. The third-order valence-corrected chi connectivity index (χ3v) is 6.97. The zero-order chi connectivity index (χ0) is 26.1. The molecular formula is C31H39N3O3. The van der Waals surface area contributed by atoms with Gasteiger partial charge in [-0.1, -0.05) is 87.4 Å². The van der Waals surface area contributed by atoms with Crippen molar-refractivity contribution in [3.05, 3.63) is 66.9 Å². The number of benzene rings is 2. The van der Waals surface area contributed by atoms with Gasteiger partial charge in [0.1, 0.15) is 5.82 Å². The summed E-state index contributed by atoms with van der Waals surface area (Å²) in [7, 11) is 0. The molecule has 0 spiro atoms. The number of anilines is 1. The molecule has 1 fully saturated rings. The summed E-state index contributed by atoms with van der Waals surface area (Å²) in [4.78, 5) is 23.6. The quantitative estimate of drug-likeness (QED) is 0.258. The Morgan fingerprint density at radius 1 is 0.973 bits per heavy atom. The van der Waals surface area contributed by atoms with Crippen LogP contribution in [0.15, 0.2) is 66.9 Å². The molecule has 1 saturated carbocycles. The van der Waals surface area contributed by atoms with Gasteiger partial charge in [0.05, 0.1) is 30.6 Å². The van der Waals surface area contributed by atoms with Crippen molar-refractivity contribution in [3.8, 4) is 22.5 Å². The lowest BCUT2D eigenvalue weighted by Crippen LogP contribution is -2.35. The predicted octanol–water partition coefficient (Wildman–Crippen LogP) is 6.86. The van der Waals surface area contributed by atoms with E-state index in [0.29, 0.717) is 19.3 Å². The van der Waals surface area contributed by atoms with E-state index in [1.165, 1.54) is 25.7 Å². The van der Waals surface area contributed by atoms with Gasteiger partial charge in [-0.25, -0.2) is 4.98 Å². The van der Waals surface area contributed by atoms with E-state index in [-0.39, 0.29) is 11.8 Å². The van der Waals surface area contributed by atoms with E-state index in [4.69, 9.17) is 19.8 Å². The third kappa shape index (κ3) is 7.62. The Bertz CT molecular complexity index is 1130. The first-order chi connectivity index (χ1) is 17.9. The van der Waals surface area contributed by atoms with Crippen LogP contribution in [0, 0.1) is 5.41 Å². The molecule has 0 radical (unpaired) electrons. The lowest BCUT2D eigenvalue weighted by atomic mass is 9.91. The summed E-state index contributed by atoms with van der Waals surface area (Å²) in [6, 6.07) is 21.1. The van der Waals surface area contributed by atoms with Crippen LogP contribution in [0.4, 0.5) is 5.82 Å². The maximum Gasteiger partial charge on any atom is 0.303 e. The van der Waals surface area contributed by atoms with Crippen LogP contribution in [-0.4, -0.2) is 46.8 Å². The van der Waals surface area contributed by atoms with Gasteiger partial charge in [0, 0.05) is 30.3 Å². The molecule has 6 nitrogen and oxygen atoms in total. The Morgan fingerprint density at radius 2 is 1.59 bits per heavy atom. The van der Waals surface area contributed by atoms with Crippen LogP contribution >= 0.6 is 0 Å². The fraction of sp³-hybridized carbons (Fsp3) is 0.452. The van der Waals surface area contributed by atoms with E-state index >= 15 is 0 Å². The first-order valence-electron chi connectivity index (χ1n) is 13.5. The molecule has 2 aromatic carbocycles. The van der Waals surface area contributed by atoms with Crippen molar-refractivity contribution in [3.63, 3.8) is 0 Å². The van der Waals surface area contributed by atoms with Crippen LogP contribution in [-0.2, 0) is 9.53 Å². The number of hydrogen-bond donors (Lipinski definition) is 1. The van der Waals surface area contributed by atoms with Crippen molar-refractivity contribution in [1.29, 1.82) is 0 Å². The maximum absolute atomic E-state index is 11.0. The van der Waals surface area contributed by atoms with Crippen molar-refractivity contribution in [1.82, 2.24) is 9.97 Å². The maximum atomic E-state index is 11.0. The van der Waals surface area contributed by atoms with Gasteiger partial charge in [-0.15, -0.1) is 0 Å². The number of aromatic nitrogens is 2. The molecule has 37 heavy (non-hydrogen) atoms. The minimum Gasteiger partial charge on any atom is -0.481 e. The first-order valence-corrected chi connectivity index (χ1v) is 13.5. The molecule has 0 saturated heterocycles. The topological polar surface area (TPSA) is 75.5 Å². The highest BCUT2D eigenvalue weighted by Gasteiger charge is 2.25. The van der Waals surface area contributed by atoms with Crippen molar-refractivity contribution in [2.24, 2.45) is 5.41 Å². The first kappa shape index (κ1) is 26.8. The smallest absolute Gasteiger partial charge is 0.303 e. The molecule has 1 N–H and O–H groups in total. The van der Waals surface area contributed by atoms with Gasteiger partial charge in [-0.05, 0) is 31.1 Å². The normalized spacial score (nSPS) is 14.1. The third-order valence-electron chi connectivity index (χ3n) is 6.97. The molecule has 0 aliphatic heterocycles. The number of carboxylic acids is 1. The summed E-state index contributed by atoms with van der Waals surface area (Å²) >= 11 is 0. The molecular weight excluding hydrogens is 462 g/mol. The average Bonchev–Trinajstić information content (AvgIpc) is 3.43. The number of carboxylic acid groups (broad SMARTS) is 1. The van der Waals surface area contributed by atoms with Crippen LogP contribution < -0.4 is 4.90 Å². The minimum absolute atomic E-state index is 0.115. The van der Waals surface area contributed by atoms with E-state index < -0.39 is 5.97 Å². The Balaban J connectivity index is 1.48. The van der Waals surface area contributed by atoms with Gasteiger partial charge in [0.25, 0.3) is 0 Å². The molecule has 1 aliphatic rings. The van der Waals surface area contributed by atoms with E-state index in [9.17, 15) is 4.79 Å². The van der Waals surface area contributed by atoms with Gasteiger partial charge in [-0.2, -0.15) is 0 Å². The number of ether oxygens (including phenoxy) is 1. The van der Waals surface area contributed by atoms with E-state index in [2.05, 4.69) is 29.2 Å². The monoisotopic (exact) mass is 501 g/mol. The molecule has 0 atom stereocenters. The minimum atomic E-state index is -0.782. The number of hydrogen-bond acceptors (Lipinski definition) is 5. The number of rotatable bonds is 13. The highest BCUT2D eigenvalue weighted by Crippen LogP contribution is 2.33. The second-order valence-electron chi connectivity index (χ2n) is 10.8. The Labute approximate surface area is 220 Å². The molecule has 1 heterocycles. The molecule has 1 aliphatic carbocycles. The van der Waals surface area contributed by atoms with E-state index in [1.807, 2.05) is 56.4 Å². The fourth-order valence-electron chi connectivity index (χ4n) is 5.12. The summed E-state index contributed by atoms with van der Waals surface area (Å²) in [5.41, 5.74) is 3.59. The van der Waals surface area contributed by atoms with Gasteiger partial charge in [-0.3, -0.25) is 9.78 Å². The number of unbranched alkanes of at least 4 members (excludes halogenated alkanes) is 1. The van der Waals surface area contributed by atoms with Crippen molar-refractivity contribution in [2.45, 2.75) is 64.8 Å². The van der Waals surface area contributed by atoms with Gasteiger partial charge < -0.3 is 14.7 Å². The van der Waals surface area contributed by atoms with Crippen molar-refractivity contribution >= 4 is 11.8 Å². The van der Waals surface area contributed by atoms with Crippen LogP contribution in [0.2, 0.25) is 0 Å². The van der Waals surface area contributed by atoms with Crippen LogP contribution in [0.3, 0.4) is 0 Å². The van der Waals surface area contributed by atoms with Crippen LogP contribution in [0.5, 0.6) is 0 Å². The van der Waals surface area contributed by atoms with Gasteiger partial charge in [0.2, 0.25) is 0 Å². The van der Waals surface area contributed by atoms with E-state index in [1.54, 1.807) is 0 Å². The summed E-state index contributed by atoms with van der Waals surface area (Å²) in [5, 5.41) is 9.06. The largest absolute Gasteiger partial charge is 0.481 e. The molecule has 196 valence electrons. The predicted molar refractivity (Wildman–Crippen MR) is 149 cm³/mol. The van der Waals surface area contributed by atoms with Crippen LogP contribution in [0.25, 0.3) is 22.5 Å². The molecule has 4 rings (SSSR count). The van der Waals surface area contributed by atoms with Gasteiger partial charge in [0.15, 0.2) is 0 Å². The Morgan fingerprint density at radius 3 is 2.22 bits per heavy atom. The Hall–Kier alpha value is -3.25. The zero-order valence-electron chi connectivity index (χ0n) is 22.1. The molecule has 3 aromatic rings. The number of aliphatic carboxylic acids is 1. The highest BCUT2D eigenvalue weighted by molar-refractivity contribution is 5.78. The van der Waals surface area contributed by atoms with Gasteiger partial charge >= 0.3 is 5.97 Å². The molecule has 6 heteroatoms. The van der Waals surface area contributed by atoms with Crippen molar-refractivity contribution in [2.75, 3.05) is 24.7 Å². The van der Waals surface area contributed by atoms with Crippen LogP contribution in [0.1, 0.15) is 58.8 Å². The Kier molecular flexibility index (Phi) is 9.29. The molecule has 0 unspecified atom stereocenters. The second-order valence-corrected chi connectivity index (χ2v) is 10.8. The lowest BCUT2D eigenvalue weighted by molar-refractivity contribution is -0.140. The van der Waals surface area contributed by atoms with E-state index in [0.717, 1.165) is 47.7 Å². The summed E-state index contributed by atoms with van der Waals surface area (Å²) in [5.74, 6) is 0.156. The standard InChI is InChI=1S/C31H39N3O3/c1-31(2,21-28(35)36)23-37-20-12-11-19-34(26-17-9-10-18-26)27-22-32-29(24-13-5-3-6-14-24)30(33-27)25-15-7-4-8-16-25/h3-8,13-16,22,26H,9-12,17-21,23H2,1-2H3,(H,35,36). The van der Waals surface area contributed by atoms with Crippen molar-refractivity contribution < 1.29 is 14.6 Å². The molecule has 0 bridgehead atoms. The fourth-order valence-corrected chi connectivity index (χ4v) is 5.12. The summed E-state index contributed by atoms with van der Waals surface area (Å²) in [6.07, 6.45) is 8.84. The summed E-state index contributed by atoms with van der Waals surface area (Å²) < 4.78 is 5.84. The number of carbonyl (C=O) groups is 1. The average molecular weight is 502 g/mol. The lowest BCUT2D eigenvalue weighted by Gasteiger charge is -2.30.